The van der Waals surface area contributed by atoms with Crippen molar-refractivity contribution < 1.29 is 23.0 Å². The van der Waals surface area contributed by atoms with Crippen LogP contribution in [0.25, 0.3) is 0 Å². The molecule has 2 rings (SSSR count). The fourth-order valence-electron chi connectivity index (χ4n) is 1.92. The SMILES string of the molecule is CCOc1cccc(COc2ccc(F)c(C(N)=O)c2F)c1. The molecule has 0 atom stereocenters. The quantitative estimate of drug-likeness (QED) is 0.892. The van der Waals surface area contributed by atoms with Crippen molar-refractivity contribution in [1.82, 2.24) is 0 Å². The maximum absolute atomic E-state index is 14.0. The molecule has 0 fully saturated rings. The highest BCUT2D eigenvalue weighted by Gasteiger charge is 2.19. The van der Waals surface area contributed by atoms with Gasteiger partial charge in [0.2, 0.25) is 0 Å². The molecule has 2 aromatic carbocycles. The highest BCUT2D eigenvalue weighted by molar-refractivity contribution is 5.93. The van der Waals surface area contributed by atoms with Crippen molar-refractivity contribution in [3.63, 3.8) is 0 Å². The molecule has 0 radical (unpaired) electrons. The van der Waals surface area contributed by atoms with Gasteiger partial charge >= 0.3 is 0 Å². The molecule has 0 aliphatic heterocycles. The van der Waals surface area contributed by atoms with Gasteiger partial charge in [-0.1, -0.05) is 12.1 Å². The smallest absolute Gasteiger partial charge is 0.254 e. The van der Waals surface area contributed by atoms with Crippen LogP contribution < -0.4 is 15.2 Å². The van der Waals surface area contributed by atoms with Gasteiger partial charge in [0.25, 0.3) is 5.91 Å². The van der Waals surface area contributed by atoms with Crippen molar-refractivity contribution in [2.75, 3.05) is 6.61 Å². The molecule has 6 heteroatoms. The maximum Gasteiger partial charge on any atom is 0.254 e. The van der Waals surface area contributed by atoms with Crippen molar-refractivity contribution in [2.24, 2.45) is 5.73 Å². The largest absolute Gasteiger partial charge is 0.494 e. The van der Waals surface area contributed by atoms with Gasteiger partial charge < -0.3 is 15.2 Å². The van der Waals surface area contributed by atoms with Gasteiger partial charge in [-0.2, -0.15) is 0 Å². The van der Waals surface area contributed by atoms with E-state index in [-0.39, 0.29) is 12.4 Å². The van der Waals surface area contributed by atoms with E-state index in [1.165, 1.54) is 0 Å². The van der Waals surface area contributed by atoms with Crippen molar-refractivity contribution >= 4 is 5.91 Å². The first-order chi connectivity index (χ1) is 10.5. The second kappa shape index (κ2) is 6.89. The van der Waals surface area contributed by atoms with Gasteiger partial charge in [-0.05, 0) is 36.8 Å². The lowest BCUT2D eigenvalue weighted by Gasteiger charge is -2.10. The van der Waals surface area contributed by atoms with Crippen LogP contribution in [0.3, 0.4) is 0 Å². The summed E-state index contributed by atoms with van der Waals surface area (Å²) in [5.41, 5.74) is 4.89. The Morgan fingerprint density at radius 1 is 1.18 bits per heavy atom. The fourth-order valence-corrected chi connectivity index (χ4v) is 1.92. The van der Waals surface area contributed by atoms with Crippen LogP contribution in [0.5, 0.6) is 11.5 Å². The van der Waals surface area contributed by atoms with Gasteiger partial charge in [-0.3, -0.25) is 4.79 Å². The first kappa shape index (κ1) is 15.8. The summed E-state index contributed by atoms with van der Waals surface area (Å²) in [6.07, 6.45) is 0. The zero-order valence-electron chi connectivity index (χ0n) is 11.9. The number of ether oxygens (including phenoxy) is 2. The molecule has 0 bridgehead atoms. The molecule has 0 unspecified atom stereocenters. The van der Waals surface area contributed by atoms with Crippen LogP contribution in [-0.4, -0.2) is 12.5 Å². The number of benzene rings is 2. The normalized spacial score (nSPS) is 10.3. The summed E-state index contributed by atoms with van der Waals surface area (Å²) in [5, 5.41) is 0. The summed E-state index contributed by atoms with van der Waals surface area (Å²) in [6.45, 7) is 2.43. The molecule has 1 amide bonds. The molecule has 2 N–H and O–H groups in total. The molecule has 4 nitrogen and oxygen atoms in total. The fraction of sp³-hybridized carbons (Fsp3) is 0.188. The lowest BCUT2D eigenvalue weighted by Crippen LogP contribution is -2.16. The Hall–Kier alpha value is -2.63. The molecule has 0 spiro atoms. The minimum absolute atomic E-state index is 0.0433. The maximum atomic E-state index is 14.0. The minimum Gasteiger partial charge on any atom is -0.494 e. The molecular weight excluding hydrogens is 292 g/mol. The average Bonchev–Trinajstić information content (AvgIpc) is 2.47. The number of rotatable bonds is 6. The van der Waals surface area contributed by atoms with Gasteiger partial charge in [0, 0.05) is 0 Å². The Morgan fingerprint density at radius 3 is 2.64 bits per heavy atom. The molecule has 0 saturated heterocycles. The van der Waals surface area contributed by atoms with E-state index in [0.717, 1.165) is 17.7 Å². The van der Waals surface area contributed by atoms with Gasteiger partial charge in [-0.15, -0.1) is 0 Å². The number of carbonyl (C=O) groups excluding carboxylic acids is 1. The number of hydrogen-bond acceptors (Lipinski definition) is 3. The molecule has 0 aromatic heterocycles. The van der Waals surface area contributed by atoms with Gasteiger partial charge in [0.05, 0.1) is 6.61 Å². The van der Waals surface area contributed by atoms with E-state index in [4.69, 9.17) is 15.2 Å². The second-order valence-electron chi connectivity index (χ2n) is 4.47. The standard InChI is InChI=1S/C16H15F2NO3/c1-2-21-11-5-3-4-10(8-11)9-22-13-7-6-12(17)14(15(13)18)16(19)20/h3-8H,2,9H2,1H3,(H2,19,20). The topological polar surface area (TPSA) is 61.6 Å². The molecule has 0 aliphatic rings. The number of carbonyl (C=O) groups is 1. The van der Waals surface area contributed by atoms with Crippen molar-refractivity contribution in [1.29, 1.82) is 0 Å². The van der Waals surface area contributed by atoms with Crippen molar-refractivity contribution in [3.8, 4) is 11.5 Å². The lowest BCUT2D eigenvalue weighted by molar-refractivity contribution is 0.0991. The summed E-state index contributed by atoms with van der Waals surface area (Å²) in [4.78, 5) is 11.1. The van der Waals surface area contributed by atoms with Gasteiger partial charge in [0.1, 0.15) is 23.7 Å². The van der Waals surface area contributed by atoms with Crippen molar-refractivity contribution in [2.45, 2.75) is 13.5 Å². The average molecular weight is 307 g/mol. The van der Waals surface area contributed by atoms with E-state index in [0.29, 0.717) is 12.4 Å². The van der Waals surface area contributed by atoms with Crippen LogP contribution in [0.2, 0.25) is 0 Å². The van der Waals surface area contributed by atoms with E-state index in [9.17, 15) is 13.6 Å². The summed E-state index contributed by atoms with van der Waals surface area (Å²) in [5.74, 6) is -2.87. The molecule has 0 saturated carbocycles. The van der Waals surface area contributed by atoms with Gasteiger partial charge in [-0.25, -0.2) is 8.78 Å². The summed E-state index contributed by atoms with van der Waals surface area (Å²) < 4.78 is 38.0. The Balaban J connectivity index is 2.17. The highest BCUT2D eigenvalue weighted by atomic mass is 19.1. The third kappa shape index (κ3) is 3.52. The molecule has 116 valence electrons. The molecule has 22 heavy (non-hydrogen) atoms. The van der Waals surface area contributed by atoms with E-state index in [1.54, 1.807) is 24.3 Å². The van der Waals surface area contributed by atoms with Crippen LogP contribution in [-0.2, 0) is 6.61 Å². The van der Waals surface area contributed by atoms with Crippen molar-refractivity contribution in [3.05, 3.63) is 59.2 Å². The lowest BCUT2D eigenvalue weighted by atomic mass is 10.1. The number of amides is 1. The number of halogens is 2. The molecule has 0 heterocycles. The Bertz CT molecular complexity index is 689. The van der Waals surface area contributed by atoms with Crippen LogP contribution in [0.4, 0.5) is 8.78 Å². The predicted octanol–water partition coefficient (Wildman–Crippen LogP) is 3.04. The Labute approximate surface area is 126 Å². The first-order valence-electron chi connectivity index (χ1n) is 6.65. The molecular formula is C16H15F2NO3. The number of nitrogens with two attached hydrogens (primary N) is 1. The Kier molecular flexibility index (Phi) is 4.93. The molecule has 2 aromatic rings. The third-order valence-electron chi connectivity index (χ3n) is 2.91. The Morgan fingerprint density at radius 2 is 1.95 bits per heavy atom. The molecule has 0 aliphatic carbocycles. The van der Waals surface area contributed by atoms with E-state index in [2.05, 4.69) is 0 Å². The van der Waals surface area contributed by atoms with E-state index >= 15 is 0 Å². The predicted molar refractivity (Wildman–Crippen MR) is 76.8 cm³/mol. The monoisotopic (exact) mass is 307 g/mol. The van der Waals surface area contributed by atoms with Crippen LogP contribution in [0.1, 0.15) is 22.8 Å². The highest BCUT2D eigenvalue weighted by Crippen LogP contribution is 2.24. The summed E-state index contributed by atoms with van der Waals surface area (Å²) in [6, 6.07) is 9.15. The van der Waals surface area contributed by atoms with Crippen LogP contribution in [0.15, 0.2) is 36.4 Å². The van der Waals surface area contributed by atoms with Gasteiger partial charge in [0.15, 0.2) is 11.6 Å². The minimum atomic E-state index is -1.18. The van der Waals surface area contributed by atoms with E-state index < -0.39 is 23.1 Å². The first-order valence-corrected chi connectivity index (χ1v) is 6.65. The number of primary amides is 1. The van der Waals surface area contributed by atoms with Crippen LogP contribution >= 0.6 is 0 Å². The zero-order chi connectivity index (χ0) is 16.1. The second-order valence-corrected chi connectivity index (χ2v) is 4.47. The van der Waals surface area contributed by atoms with E-state index in [1.807, 2.05) is 6.92 Å². The summed E-state index contributed by atoms with van der Waals surface area (Å²) in [7, 11) is 0. The third-order valence-corrected chi connectivity index (χ3v) is 2.91. The summed E-state index contributed by atoms with van der Waals surface area (Å²) >= 11 is 0. The zero-order valence-corrected chi connectivity index (χ0v) is 11.9. The number of hydrogen-bond donors (Lipinski definition) is 1. The van der Waals surface area contributed by atoms with Crippen LogP contribution in [0, 0.1) is 11.6 Å².